The van der Waals surface area contributed by atoms with Crippen molar-refractivity contribution < 1.29 is 9.53 Å². The van der Waals surface area contributed by atoms with Gasteiger partial charge in [-0.3, -0.25) is 4.79 Å². The lowest BCUT2D eigenvalue weighted by atomic mass is 9.89. The minimum absolute atomic E-state index is 0.0428. The van der Waals surface area contributed by atoms with Crippen LogP contribution in [0.2, 0.25) is 0 Å². The Morgan fingerprint density at radius 1 is 1.15 bits per heavy atom. The van der Waals surface area contributed by atoms with Gasteiger partial charge in [0.15, 0.2) is 0 Å². The van der Waals surface area contributed by atoms with Gasteiger partial charge in [-0.15, -0.1) is 0 Å². The number of amides is 1. The third kappa shape index (κ3) is 9.10. The Morgan fingerprint density at radius 3 is 2.10 bits per heavy atom. The van der Waals surface area contributed by atoms with Crippen molar-refractivity contribution in [2.24, 2.45) is 16.6 Å². The Kier molecular flexibility index (Phi) is 8.06. The number of carbonyl (C=O) groups is 1. The van der Waals surface area contributed by atoms with E-state index in [2.05, 4.69) is 39.6 Å². The highest BCUT2D eigenvalue weighted by atomic mass is 16.5. The van der Waals surface area contributed by atoms with Gasteiger partial charge in [0.25, 0.3) is 0 Å². The van der Waals surface area contributed by atoms with Gasteiger partial charge in [0.05, 0.1) is 13.2 Å². The minimum atomic E-state index is -0.0780. The Balaban J connectivity index is 3.95. The van der Waals surface area contributed by atoms with E-state index in [0.29, 0.717) is 31.9 Å². The van der Waals surface area contributed by atoms with Crippen molar-refractivity contribution in [1.82, 2.24) is 5.32 Å². The zero-order chi connectivity index (χ0) is 15.8. The molecule has 1 amide bonds. The van der Waals surface area contributed by atoms with Crippen LogP contribution in [0.4, 0.5) is 0 Å². The molecule has 0 rings (SSSR count). The fraction of sp³-hybridized carbons (Fsp3) is 0.812. The summed E-state index contributed by atoms with van der Waals surface area (Å²) in [6.45, 7) is 16.7. The molecule has 4 nitrogen and oxygen atoms in total. The van der Waals surface area contributed by atoms with Crippen LogP contribution in [0.25, 0.3) is 0 Å². The van der Waals surface area contributed by atoms with E-state index in [0.717, 1.165) is 12.8 Å². The van der Waals surface area contributed by atoms with Crippen molar-refractivity contribution >= 4 is 5.91 Å². The van der Waals surface area contributed by atoms with E-state index < -0.39 is 0 Å². The molecule has 0 aliphatic heterocycles. The SMILES string of the molecule is C=C(C)C(=O)NCCC(C)(C)COCC(C)(C)CCN. The second-order valence-electron chi connectivity index (χ2n) is 7.15. The van der Waals surface area contributed by atoms with Crippen molar-refractivity contribution in [3.63, 3.8) is 0 Å². The lowest BCUT2D eigenvalue weighted by Gasteiger charge is -2.29. The highest BCUT2D eigenvalue weighted by molar-refractivity contribution is 5.91. The van der Waals surface area contributed by atoms with Crippen molar-refractivity contribution in [1.29, 1.82) is 0 Å². The molecule has 0 fully saturated rings. The van der Waals surface area contributed by atoms with Gasteiger partial charge in [-0.1, -0.05) is 34.3 Å². The van der Waals surface area contributed by atoms with Gasteiger partial charge in [0.2, 0.25) is 5.91 Å². The van der Waals surface area contributed by atoms with E-state index in [-0.39, 0.29) is 16.7 Å². The van der Waals surface area contributed by atoms with E-state index in [4.69, 9.17) is 10.5 Å². The van der Waals surface area contributed by atoms with Crippen LogP contribution in [0.15, 0.2) is 12.2 Å². The van der Waals surface area contributed by atoms with Crippen molar-refractivity contribution in [2.45, 2.75) is 47.5 Å². The van der Waals surface area contributed by atoms with E-state index >= 15 is 0 Å². The Labute approximate surface area is 124 Å². The molecule has 0 aliphatic rings. The molecule has 0 bridgehead atoms. The summed E-state index contributed by atoms with van der Waals surface area (Å²) in [6.07, 6.45) is 1.84. The van der Waals surface area contributed by atoms with Crippen molar-refractivity contribution in [2.75, 3.05) is 26.3 Å². The van der Waals surface area contributed by atoms with Crippen molar-refractivity contribution in [3.05, 3.63) is 12.2 Å². The first kappa shape index (κ1) is 19.1. The largest absolute Gasteiger partial charge is 0.380 e. The summed E-state index contributed by atoms with van der Waals surface area (Å²) in [5, 5.41) is 2.85. The molecule has 0 aromatic carbocycles. The Hall–Kier alpha value is -0.870. The number of ether oxygens (including phenoxy) is 1. The second kappa shape index (κ2) is 8.42. The summed E-state index contributed by atoms with van der Waals surface area (Å²) in [6, 6.07) is 0. The molecule has 0 atom stereocenters. The number of rotatable bonds is 10. The van der Waals surface area contributed by atoms with Gasteiger partial charge in [-0.2, -0.15) is 0 Å². The summed E-state index contributed by atoms with van der Waals surface area (Å²) in [5.41, 5.74) is 6.30. The molecule has 118 valence electrons. The highest BCUT2D eigenvalue weighted by Crippen LogP contribution is 2.24. The number of hydrogen-bond donors (Lipinski definition) is 2. The molecule has 0 heterocycles. The normalized spacial score (nSPS) is 12.3. The average molecular weight is 284 g/mol. The fourth-order valence-corrected chi connectivity index (χ4v) is 1.80. The number of carbonyl (C=O) groups excluding carboxylic acids is 1. The summed E-state index contributed by atoms with van der Waals surface area (Å²) in [5.74, 6) is -0.0780. The molecule has 0 saturated heterocycles. The zero-order valence-corrected chi connectivity index (χ0v) is 13.8. The molecule has 0 saturated carbocycles. The lowest BCUT2D eigenvalue weighted by molar-refractivity contribution is -0.117. The summed E-state index contributed by atoms with van der Waals surface area (Å²) < 4.78 is 5.83. The summed E-state index contributed by atoms with van der Waals surface area (Å²) in [7, 11) is 0. The Bertz CT molecular complexity index is 322. The Morgan fingerprint density at radius 2 is 1.65 bits per heavy atom. The van der Waals surface area contributed by atoms with Crippen LogP contribution < -0.4 is 11.1 Å². The lowest BCUT2D eigenvalue weighted by Crippen LogP contribution is -2.31. The topological polar surface area (TPSA) is 64.3 Å². The van der Waals surface area contributed by atoms with Gasteiger partial charge in [0, 0.05) is 12.1 Å². The average Bonchev–Trinajstić information content (AvgIpc) is 2.27. The summed E-state index contributed by atoms with van der Waals surface area (Å²) in [4.78, 5) is 11.4. The van der Waals surface area contributed by atoms with Crippen LogP contribution in [-0.4, -0.2) is 32.2 Å². The predicted molar refractivity (Wildman–Crippen MR) is 84.5 cm³/mol. The van der Waals surface area contributed by atoms with E-state index in [1.165, 1.54) is 0 Å². The van der Waals surface area contributed by atoms with Crippen LogP contribution in [0.1, 0.15) is 47.5 Å². The molecule has 3 N–H and O–H groups in total. The van der Waals surface area contributed by atoms with Crippen LogP contribution in [0.5, 0.6) is 0 Å². The fourth-order valence-electron chi connectivity index (χ4n) is 1.80. The molecule has 0 spiro atoms. The van der Waals surface area contributed by atoms with E-state index in [1.54, 1.807) is 6.92 Å². The molecule has 0 aliphatic carbocycles. The van der Waals surface area contributed by atoms with Crippen molar-refractivity contribution in [3.8, 4) is 0 Å². The molecule has 20 heavy (non-hydrogen) atoms. The maximum atomic E-state index is 11.4. The number of nitrogens with two attached hydrogens (primary N) is 1. The molecule has 0 unspecified atom stereocenters. The third-order valence-electron chi connectivity index (χ3n) is 3.28. The summed E-state index contributed by atoms with van der Waals surface area (Å²) >= 11 is 0. The number of nitrogens with one attached hydrogen (secondary N) is 1. The highest BCUT2D eigenvalue weighted by Gasteiger charge is 2.22. The molecule has 0 aromatic heterocycles. The standard InChI is InChI=1S/C16H32N2O2/c1-13(2)14(19)18-10-8-16(5,6)12-20-11-15(3,4)7-9-17/h1,7-12,17H2,2-6H3,(H,18,19). The van der Waals surface area contributed by atoms with E-state index in [9.17, 15) is 4.79 Å². The van der Waals surface area contributed by atoms with E-state index in [1.807, 2.05) is 0 Å². The second-order valence-corrected chi connectivity index (χ2v) is 7.15. The van der Waals surface area contributed by atoms with Gasteiger partial charge in [-0.25, -0.2) is 0 Å². The minimum Gasteiger partial charge on any atom is -0.380 e. The van der Waals surface area contributed by atoms with Gasteiger partial charge in [0.1, 0.15) is 0 Å². The van der Waals surface area contributed by atoms with Crippen LogP contribution in [-0.2, 0) is 9.53 Å². The van der Waals surface area contributed by atoms with Gasteiger partial charge >= 0.3 is 0 Å². The first-order chi connectivity index (χ1) is 9.09. The quantitative estimate of drug-likeness (QED) is 0.606. The van der Waals surface area contributed by atoms with Crippen LogP contribution >= 0.6 is 0 Å². The van der Waals surface area contributed by atoms with Crippen LogP contribution in [0, 0.1) is 10.8 Å². The maximum absolute atomic E-state index is 11.4. The smallest absolute Gasteiger partial charge is 0.246 e. The number of hydrogen-bond acceptors (Lipinski definition) is 3. The third-order valence-corrected chi connectivity index (χ3v) is 3.28. The van der Waals surface area contributed by atoms with Crippen LogP contribution in [0.3, 0.4) is 0 Å². The van der Waals surface area contributed by atoms with Gasteiger partial charge in [-0.05, 0) is 37.1 Å². The predicted octanol–water partition coefficient (Wildman–Crippen LogP) is 2.49. The van der Waals surface area contributed by atoms with Gasteiger partial charge < -0.3 is 15.8 Å². The maximum Gasteiger partial charge on any atom is 0.246 e. The zero-order valence-electron chi connectivity index (χ0n) is 13.8. The first-order valence-corrected chi connectivity index (χ1v) is 7.31. The molecule has 4 heteroatoms. The molecule has 0 aromatic rings. The first-order valence-electron chi connectivity index (χ1n) is 7.31. The molecular weight excluding hydrogens is 252 g/mol. The molecule has 0 radical (unpaired) electrons. The molecular formula is C16H32N2O2. The monoisotopic (exact) mass is 284 g/mol.